The van der Waals surface area contributed by atoms with Crippen molar-refractivity contribution >= 4 is 5.95 Å². The molecule has 0 amide bonds. The van der Waals surface area contributed by atoms with E-state index < -0.39 is 5.82 Å². The number of ether oxygens (including phenoxy) is 1. The van der Waals surface area contributed by atoms with Crippen LogP contribution in [0.25, 0.3) is 0 Å². The Hall–Kier alpha value is -2.24. The normalized spacial score (nSPS) is 10.0. The highest BCUT2D eigenvalue weighted by Gasteiger charge is 2.03. The van der Waals surface area contributed by atoms with Gasteiger partial charge in [-0.3, -0.25) is 0 Å². The fourth-order valence-corrected chi connectivity index (χ4v) is 1.32. The third-order valence-corrected chi connectivity index (χ3v) is 2.10. The van der Waals surface area contributed by atoms with Gasteiger partial charge in [0.15, 0.2) is 5.82 Å². The van der Waals surface area contributed by atoms with Crippen LogP contribution in [0, 0.1) is 5.82 Å². The molecule has 1 N–H and O–H groups in total. The molecule has 0 unspecified atom stereocenters. The molecule has 2 aromatic heterocycles. The van der Waals surface area contributed by atoms with E-state index in [0.29, 0.717) is 18.4 Å². The lowest BCUT2D eigenvalue weighted by molar-refractivity contribution is 0.393. The predicted molar refractivity (Wildman–Crippen MR) is 60.1 cm³/mol. The third-order valence-electron chi connectivity index (χ3n) is 2.10. The molecule has 0 saturated heterocycles. The number of hydrogen-bond acceptors (Lipinski definition) is 5. The summed E-state index contributed by atoms with van der Waals surface area (Å²) in [6.07, 6.45) is 3.86. The quantitative estimate of drug-likeness (QED) is 0.871. The number of nitrogens with one attached hydrogen (secondary N) is 1. The minimum atomic E-state index is -0.463. The Kier molecular flexibility index (Phi) is 3.44. The van der Waals surface area contributed by atoms with Gasteiger partial charge in [0, 0.05) is 18.3 Å². The number of rotatable bonds is 4. The van der Waals surface area contributed by atoms with Gasteiger partial charge in [-0.15, -0.1) is 0 Å². The molecule has 0 aliphatic rings. The van der Waals surface area contributed by atoms with Crippen molar-refractivity contribution in [1.82, 2.24) is 15.0 Å². The van der Waals surface area contributed by atoms with E-state index in [1.807, 2.05) is 12.1 Å². The smallest absolute Gasteiger partial charge is 0.223 e. The Morgan fingerprint density at radius 3 is 2.76 bits per heavy atom. The summed E-state index contributed by atoms with van der Waals surface area (Å²) in [6.45, 7) is 0.461. The minimum absolute atomic E-state index is 0.359. The van der Waals surface area contributed by atoms with Gasteiger partial charge < -0.3 is 10.1 Å². The minimum Gasteiger partial charge on any atom is -0.481 e. The number of methoxy groups -OCH3 is 1. The fourth-order valence-electron chi connectivity index (χ4n) is 1.32. The Balaban J connectivity index is 2.04. The molecule has 6 heteroatoms. The van der Waals surface area contributed by atoms with E-state index in [1.165, 1.54) is 0 Å². The maximum Gasteiger partial charge on any atom is 0.223 e. The summed E-state index contributed by atoms with van der Waals surface area (Å²) >= 11 is 0. The summed E-state index contributed by atoms with van der Waals surface area (Å²) in [5.74, 6) is 0.439. The molecule has 0 aliphatic carbocycles. The van der Waals surface area contributed by atoms with Crippen LogP contribution >= 0.6 is 0 Å². The third kappa shape index (κ3) is 2.87. The van der Waals surface area contributed by atoms with Crippen molar-refractivity contribution < 1.29 is 9.13 Å². The fraction of sp³-hybridized carbons (Fsp3) is 0.182. The van der Waals surface area contributed by atoms with Crippen LogP contribution in [0.2, 0.25) is 0 Å². The highest BCUT2D eigenvalue weighted by molar-refractivity contribution is 5.31. The summed E-state index contributed by atoms with van der Waals surface area (Å²) in [5.41, 5.74) is 0.878. The zero-order valence-corrected chi connectivity index (χ0v) is 9.22. The highest BCUT2D eigenvalue weighted by atomic mass is 19.1. The summed E-state index contributed by atoms with van der Waals surface area (Å²) in [4.78, 5) is 11.6. The van der Waals surface area contributed by atoms with E-state index in [4.69, 9.17) is 4.74 Å². The van der Waals surface area contributed by atoms with E-state index in [-0.39, 0.29) is 0 Å². The summed E-state index contributed by atoms with van der Waals surface area (Å²) in [6, 6.07) is 3.69. The van der Waals surface area contributed by atoms with Crippen molar-refractivity contribution in [2.45, 2.75) is 6.54 Å². The molecule has 17 heavy (non-hydrogen) atoms. The first-order valence-corrected chi connectivity index (χ1v) is 4.99. The first-order valence-electron chi connectivity index (χ1n) is 4.99. The van der Waals surface area contributed by atoms with E-state index in [1.54, 1.807) is 13.3 Å². The lowest BCUT2D eigenvalue weighted by atomic mass is 10.3. The second-order valence-electron chi connectivity index (χ2n) is 3.25. The molecule has 0 radical (unpaired) electrons. The first kappa shape index (κ1) is 11.3. The lowest BCUT2D eigenvalue weighted by Gasteiger charge is -2.07. The molecule has 0 aliphatic heterocycles. The average Bonchev–Trinajstić information content (AvgIpc) is 2.38. The molecule has 2 rings (SSSR count). The van der Waals surface area contributed by atoms with Crippen molar-refractivity contribution in [2.24, 2.45) is 0 Å². The number of aromatic nitrogens is 3. The van der Waals surface area contributed by atoms with E-state index in [0.717, 1.165) is 18.0 Å². The van der Waals surface area contributed by atoms with Gasteiger partial charge in [-0.25, -0.2) is 19.3 Å². The molecule has 5 nitrogen and oxygen atoms in total. The van der Waals surface area contributed by atoms with Crippen molar-refractivity contribution in [3.63, 3.8) is 0 Å². The van der Waals surface area contributed by atoms with Crippen molar-refractivity contribution in [2.75, 3.05) is 12.4 Å². The molecular weight excluding hydrogens is 223 g/mol. The number of anilines is 1. The molecular formula is C11H11FN4O. The van der Waals surface area contributed by atoms with Crippen molar-refractivity contribution in [3.05, 3.63) is 42.1 Å². The Morgan fingerprint density at radius 1 is 1.29 bits per heavy atom. The molecule has 0 fully saturated rings. The van der Waals surface area contributed by atoms with E-state index >= 15 is 0 Å². The van der Waals surface area contributed by atoms with Crippen LogP contribution in [0.3, 0.4) is 0 Å². The van der Waals surface area contributed by atoms with Gasteiger partial charge in [0.1, 0.15) is 0 Å². The number of pyridine rings is 1. The molecule has 0 saturated carbocycles. The van der Waals surface area contributed by atoms with Gasteiger partial charge in [0.2, 0.25) is 11.8 Å². The number of hydrogen-bond donors (Lipinski definition) is 1. The first-order chi connectivity index (χ1) is 8.29. The zero-order valence-electron chi connectivity index (χ0n) is 9.22. The summed E-state index contributed by atoms with van der Waals surface area (Å²) in [5, 5.41) is 2.95. The molecule has 2 aromatic rings. The molecule has 0 atom stereocenters. The molecule has 0 bridgehead atoms. The number of halogens is 1. The van der Waals surface area contributed by atoms with Crippen LogP contribution in [-0.4, -0.2) is 22.1 Å². The standard InChI is InChI=1S/C11H11FN4O/c1-17-10-8(3-2-4-13-10)5-14-11-15-6-9(12)7-16-11/h2-4,6-7H,5H2,1H3,(H,14,15,16). The van der Waals surface area contributed by atoms with Crippen molar-refractivity contribution in [1.29, 1.82) is 0 Å². The molecule has 0 spiro atoms. The van der Waals surface area contributed by atoms with Gasteiger partial charge in [-0.05, 0) is 6.07 Å². The van der Waals surface area contributed by atoms with Crippen LogP contribution in [0.5, 0.6) is 5.88 Å². The van der Waals surface area contributed by atoms with E-state index in [2.05, 4.69) is 20.3 Å². The second kappa shape index (κ2) is 5.20. The zero-order chi connectivity index (χ0) is 12.1. The topological polar surface area (TPSA) is 59.9 Å². The van der Waals surface area contributed by atoms with Gasteiger partial charge in [0.25, 0.3) is 0 Å². The van der Waals surface area contributed by atoms with Gasteiger partial charge in [-0.2, -0.15) is 0 Å². The van der Waals surface area contributed by atoms with Gasteiger partial charge in [-0.1, -0.05) is 6.07 Å². The molecule has 0 aromatic carbocycles. The monoisotopic (exact) mass is 234 g/mol. The molecule has 2 heterocycles. The van der Waals surface area contributed by atoms with Crippen molar-refractivity contribution in [3.8, 4) is 5.88 Å². The lowest BCUT2D eigenvalue weighted by Crippen LogP contribution is -2.05. The Bertz CT molecular complexity index is 489. The van der Waals surface area contributed by atoms with Crippen LogP contribution in [0.15, 0.2) is 30.7 Å². The highest BCUT2D eigenvalue weighted by Crippen LogP contribution is 2.14. The summed E-state index contributed by atoms with van der Waals surface area (Å²) < 4.78 is 17.7. The SMILES string of the molecule is COc1ncccc1CNc1ncc(F)cn1. The predicted octanol–water partition coefficient (Wildman–Crippen LogP) is 1.63. The van der Waals surface area contributed by atoms with Crippen LogP contribution < -0.4 is 10.1 Å². The van der Waals surface area contributed by atoms with Crippen LogP contribution in [-0.2, 0) is 6.54 Å². The van der Waals surface area contributed by atoms with Gasteiger partial charge >= 0.3 is 0 Å². The number of nitrogens with zero attached hydrogens (tertiary/aromatic N) is 3. The van der Waals surface area contributed by atoms with Gasteiger partial charge in [0.05, 0.1) is 19.5 Å². The maximum atomic E-state index is 12.6. The van der Waals surface area contributed by atoms with E-state index in [9.17, 15) is 4.39 Å². The second-order valence-corrected chi connectivity index (χ2v) is 3.25. The largest absolute Gasteiger partial charge is 0.481 e. The maximum absolute atomic E-state index is 12.6. The Labute approximate surface area is 97.7 Å². The summed E-state index contributed by atoms with van der Waals surface area (Å²) in [7, 11) is 1.56. The molecule has 88 valence electrons. The van der Waals surface area contributed by atoms with Crippen LogP contribution in [0.4, 0.5) is 10.3 Å². The average molecular weight is 234 g/mol. The van der Waals surface area contributed by atoms with Crippen LogP contribution in [0.1, 0.15) is 5.56 Å². The Morgan fingerprint density at radius 2 is 2.06 bits per heavy atom.